The maximum atomic E-state index is 12.3. The third-order valence-corrected chi connectivity index (χ3v) is 2.06. The molecular formula is C9H9Cl2F4N. The maximum absolute atomic E-state index is 12.3. The van der Waals surface area contributed by atoms with Gasteiger partial charge < -0.3 is 5.73 Å². The molecule has 0 fully saturated rings. The number of hydrogen-bond donors (Lipinski definition) is 1. The Labute approximate surface area is 101 Å². The van der Waals surface area contributed by atoms with Crippen LogP contribution in [0, 0.1) is 0 Å². The summed E-state index contributed by atoms with van der Waals surface area (Å²) in [6.07, 6.45) is -4.50. The van der Waals surface area contributed by atoms with Gasteiger partial charge >= 0.3 is 6.18 Å². The minimum Gasteiger partial charge on any atom is -0.322 e. The molecule has 0 radical (unpaired) electrons. The van der Waals surface area contributed by atoms with Crippen LogP contribution < -0.4 is 5.73 Å². The third kappa shape index (κ3) is 3.81. The molecule has 0 aliphatic heterocycles. The van der Waals surface area contributed by atoms with E-state index >= 15 is 0 Å². The van der Waals surface area contributed by atoms with E-state index in [2.05, 4.69) is 0 Å². The van der Waals surface area contributed by atoms with Gasteiger partial charge in [0.2, 0.25) is 0 Å². The molecule has 0 aliphatic carbocycles. The molecule has 0 saturated heterocycles. The fourth-order valence-electron chi connectivity index (χ4n) is 1.08. The van der Waals surface area contributed by atoms with Crippen molar-refractivity contribution in [2.75, 3.05) is 6.67 Å². The molecule has 1 rings (SSSR count). The number of nitrogens with two attached hydrogens (primary N) is 1. The van der Waals surface area contributed by atoms with E-state index in [1.165, 1.54) is 6.07 Å². The van der Waals surface area contributed by atoms with Gasteiger partial charge in [-0.3, -0.25) is 0 Å². The van der Waals surface area contributed by atoms with Gasteiger partial charge in [0.1, 0.15) is 6.67 Å². The molecule has 1 atom stereocenters. The summed E-state index contributed by atoms with van der Waals surface area (Å²) in [6.45, 7) is -0.933. The normalized spacial score (nSPS) is 13.1. The van der Waals surface area contributed by atoms with Gasteiger partial charge in [-0.2, -0.15) is 13.2 Å². The summed E-state index contributed by atoms with van der Waals surface area (Å²) in [4.78, 5) is 0. The van der Waals surface area contributed by atoms with E-state index < -0.39 is 24.5 Å². The topological polar surface area (TPSA) is 26.0 Å². The first kappa shape index (κ1) is 15.5. The number of halogens is 6. The van der Waals surface area contributed by atoms with Crippen LogP contribution in [0.15, 0.2) is 18.2 Å². The van der Waals surface area contributed by atoms with Crippen molar-refractivity contribution in [1.82, 2.24) is 0 Å². The standard InChI is InChI=1S/C9H8ClF4N.ClH/c10-7-2-5(8(15)4-11)1-6(3-7)9(12,13)14;/h1-3,8H,4,15H2;1H/t8-;/m1./s1. The second-order valence-electron chi connectivity index (χ2n) is 3.03. The number of rotatable bonds is 2. The molecule has 1 aromatic rings. The Hall–Kier alpha value is -0.520. The van der Waals surface area contributed by atoms with Gasteiger partial charge in [0.25, 0.3) is 0 Å². The molecular weight excluding hydrogens is 269 g/mol. The van der Waals surface area contributed by atoms with Crippen LogP contribution in [0.25, 0.3) is 0 Å². The summed E-state index contributed by atoms with van der Waals surface area (Å²) in [6, 6.07) is 1.72. The summed E-state index contributed by atoms with van der Waals surface area (Å²) in [5.74, 6) is 0. The fourth-order valence-corrected chi connectivity index (χ4v) is 1.32. The molecule has 2 N–H and O–H groups in total. The SMILES string of the molecule is Cl.N[C@H](CF)c1cc(Cl)cc(C(F)(F)F)c1. The van der Waals surface area contributed by atoms with E-state index in [1.807, 2.05) is 0 Å². The zero-order valence-corrected chi connectivity index (χ0v) is 9.46. The predicted molar refractivity (Wildman–Crippen MR) is 56.6 cm³/mol. The van der Waals surface area contributed by atoms with Crippen molar-refractivity contribution < 1.29 is 17.6 Å². The van der Waals surface area contributed by atoms with Crippen LogP contribution in [-0.2, 0) is 6.18 Å². The molecule has 1 nitrogen and oxygen atoms in total. The van der Waals surface area contributed by atoms with Crippen molar-refractivity contribution in [1.29, 1.82) is 0 Å². The lowest BCUT2D eigenvalue weighted by Gasteiger charge is -2.12. The van der Waals surface area contributed by atoms with E-state index in [4.69, 9.17) is 17.3 Å². The Morgan fingerprint density at radius 2 is 1.81 bits per heavy atom. The molecule has 0 aliphatic rings. The first-order chi connectivity index (χ1) is 6.84. The molecule has 0 saturated carbocycles. The van der Waals surface area contributed by atoms with Crippen molar-refractivity contribution >= 4 is 24.0 Å². The van der Waals surface area contributed by atoms with Crippen LogP contribution in [0.2, 0.25) is 5.02 Å². The van der Waals surface area contributed by atoms with Crippen LogP contribution in [0.4, 0.5) is 17.6 Å². The van der Waals surface area contributed by atoms with Crippen molar-refractivity contribution in [3.8, 4) is 0 Å². The highest BCUT2D eigenvalue weighted by molar-refractivity contribution is 6.30. The fraction of sp³-hybridized carbons (Fsp3) is 0.333. The smallest absolute Gasteiger partial charge is 0.322 e. The molecule has 0 amide bonds. The average Bonchev–Trinajstić information content (AvgIpc) is 2.14. The summed E-state index contributed by atoms with van der Waals surface area (Å²) in [5, 5.41) is -0.108. The number of benzene rings is 1. The maximum Gasteiger partial charge on any atom is 0.416 e. The lowest BCUT2D eigenvalue weighted by Crippen LogP contribution is -2.14. The summed E-state index contributed by atoms with van der Waals surface area (Å²) in [7, 11) is 0. The van der Waals surface area contributed by atoms with E-state index in [9.17, 15) is 17.6 Å². The van der Waals surface area contributed by atoms with E-state index in [0.717, 1.165) is 12.1 Å². The molecule has 0 unspecified atom stereocenters. The predicted octanol–water partition coefficient (Wildman–Crippen LogP) is 3.75. The van der Waals surface area contributed by atoms with E-state index in [0.29, 0.717) is 0 Å². The van der Waals surface area contributed by atoms with Crippen LogP contribution in [0.3, 0.4) is 0 Å². The molecule has 1 aromatic carbocycles. The Bertz CT molecular complexity index is 354. The zero-order chi connectivity index (χ0) is 11.6. The zero-order valence-electron chi connectivity index (χ0n) is 7.89. The van der Waals surface area contributed by atoms with Gasteiger partial charge in [0.15, 0.2) is 0 Å². The van der Waals surface area contributed by atoms with Crippen LogP contribution >= 0.6 is 24.0 Å². The van der Waals surface area contributed by atoms with Crippen LogP contribution in [-0.4, -0.2) is 6.67 Å². The highest BCUT2D eigenvalue weighted by Crippen LogP contribution is 2.32. The first-order valence-electron chi connectivity index (χ1n) is 4.04. The number of alkyl halides is 4. The Balaban J connectivity index is 0.00000225. The van der Waals surface area contributed by atoms with Crippen molar-refractivity contribution in [2.24, 2.45) is 5.73 Å². The molecule has 0 heterocycles. The first-order valence-corrected chi connectivity index (χ1v) is 4.41. The molecule has 0 spiro atoms. The Morgan fingerprint density at radius 3 is 2.25 bits per heavy atom. The van der Waals surface area contributed by atoms with Crippen molar-refractivity contribution in [3.63, 3.8) is 0 Å². The van der Waals surface area contributed by atoms with Crippen LogP contribution in [0.5, 0.6) is 0 Å². The summed E-state index contributed by atoms with van der Waals surface area (Å²) in [5.41, 5.74) is 4.39. The quantitative estimate of drug-likeness (QED) is 0.819. The molecule has 0 aromatic heterocycles. The minimum absolute atomic E-state index is 0. The lowest BCUT2D eigenvalue weighted by molar-refractivity contribution is -0.137. The van der Waals surface area contributed by atoms with Crippen molar-refractivity contribution in [3.05, 3.63) is 34.3 Å². The monoisotopic (exact) mass is 277 g/mol. The summed E-state index contributed by atoms with van der Waals surface area (Å²) < 4.78 is 49.1. The molecule has 16 heavy (non-hydrogen) atoms. The van der Waals surface area contributed by atoms with Gasteiger partial charge in [-0.25, -0.2) is 4.39 Å². The second kappa shape index (κ2) is 5.70. The largest absolute Gasteiger partial charge is 0.416 e. The highest BCUT2D eigenvalue weighted by Gasteiger charge is 2.31. The van der Waals surface area contributed by atoms with Gasteiger partial charge in [-0.15, -0.1) is 12.4 Å². The Morgan fingerprint density at radius 1 is 1.25 bits per heavy atom. The van der Waals surface area contributed by atoms with E-state index in [1.54, 1.807) is 0 Å². The van der Waals surface area contributed by atoms with Gasteiger partial charge in [-0.05, 0) is 23.8 Å². The van der Waals surface area contributed by atoms with Crippen LogP contribution in [0.1, 0.15) is 17.2 Å². The van der Waals surface area contributed by atoms with Gasteiger partial charge in [-0.1, -0.05) is 11.6 Å². The Kier molecular flexibility index (Phi) is 5.52. The lowest BCUT2D eigenvalue weighted by atomic mass is 10.1. The average molecular weight is 278 g/mol. The second-order valence-corrected chi connectivity index (χ2v) is 3.47. The van der Waals surface area contributed by atoms with Gasteiger partial charge in [0, 0.05) is 5.02 Å². The minimum atomic E-state index is -4.50. The molecule has 0 bridgehead atoms. The summed E-state index contributed by atoms with van der Waals surface area (Å²) >= 11 is 5.48. The van der Waals surface area contributed by atoms with E-state index in [-0.39, 0.29) is 23.0 Å². The number of hydrogen-bond acceptors (Lipinski definition) is 1. The molecule has 92 valence electrons. The molecule has 7 heteroatoms. The van der Waals surface area contributed by atoms with Gasteiger partial charge in [0.05, 0.1) is 11.6 Å². The third-order valence-electron chi connectivity index (χ3n) is 1.84. The van der Waals surface area contributed by atoms with Crippen molar-refractivity contribution in [2.45, 2.75) is 12.2 Å². The highest BCUT2D eigenvalue weighted by atomic mass is 35.5.